The number of nitrogens with zero attached hydrogens (tertiary/aromatic N) is 6. The van der Waals surface area contributed by atoms with Gasteiger partial charge in [-0.1, -0.05) is 18.2 Å². The zero-order valence-electron chi connectivity index (χ0n) is 16.2. The van der Waals surface area contributed by atoms with Crippen LogP contribution in [0.3, 0.4) is 0 Å². The SMILES string of the molecule is Cc1ccccc1Nc1nc(N)nc(COC(=O)c2csc(-c3cnn(C)c3)n2)n1. The van der Waals surface area contributed by atoms with Crippen LogP contribution < -0.4 is 11.1 Å². The van der Waals surface area contributed by atoms with Crippen molar-refractivity contribution in [1.82, 2.24) is 29.7 Å². The van der Waals surface area contributed by atoms with Gasteiger partial charge in [0.1, 0.15) is 5.01 Å². The van der Waals surface area contributed by atoms with E-state index in [9.17, 15) is 4.79 Å². The van der Waals surface area contributed by atoms with Crippen LogP contribution in [0.4, 0.5) is 17.6 Å². The lowest BCUT2D eigenvalue weighted by molar-refractivity contribution is 0.0456. The second-order valence-corrected chi connectivity index (χ2v) is 7.25. The van der Waals surface area contributed by atoms with Crippen molar-refractivity contribution in [2.75, 3.05) is 11.1 Å². The third kappa shape index (κ3) is 4.41. The first-order chi connectivity index (χ1) is 14.5. The summed E-state index contributed by atoms with van der Waals surface area (Å²) in [5.74, 6) is -0.0431. The van der Waals surface area contributed by atoms with Crippen molar-refractivity contribution in [3.05, 3.63) is 59.1 Å². The van der Waals surface area contributed by atoms with E-state index >= 15 is 0 Å². The Balaban J connectivity index is 1.43. The molecule has 0 atom stereocenters. The largest absolute Gasteiger partial charge is 0.453 e. The average molecular weight is 422 g/mol. The summed E-state index contributed by atoms with van der Waals surface area (Å²) in [6.07, 6.45) is 3.51. The van der Waals surface area contributed by atoms with Crippen LogP contribution in [0.25, 0.3) is 10.6 Å². The number of para-hydroxylation sites is 1. The molecule has 0 saturated carbocycles. The molecule has 0 fully saturated rings. The van der Waals surface area contributed by atoms with E-state index in [0.29, 0.717) is 5.01 Å². The second kappa shape index (κ2) is 8.25. The fourth-order valence-electron chi connectivity index (χ4n) is 2.63. The number of benzene rings is 1. The first-order valence-electron chi connectivity index (χ1n) is 8.92. The summed E-state index contributed by atoms with van der Waals surface area (Å²) < 4.78 is 6.97. The second-order valence-electron chi connectivity index (χ2n) is 6.39. The lowest BCUT2D eigenvalue weighted by Gasteiger charge is -2.09. The fraction of sp³-hybridized carbons (Fsp3) is 0.158. The van der Waals surface area contributed by atoms with Crippen LogP contribution in [0.2, 0.25) is 0 Å². The van der Waals surface area contributed by atoms with Crippen molar-refractivity contribution in [3.63, 3.8) is 0 Å². The van der Waals surface area contributed by atoms with E-state index in [-0.39, 0.29) is 30.0 Å². The Kier molecular flexibility index (Phi) is 5.35. The molecule has 0 aliphatic rings. The summed E-state index contributed by atoms with van der Waals surface area (Å²) in [6.45, 7) is 1.80. The third-order valence-electron chi connectivity index (χ3n) is 4.09. The molecule has 0 aliphatic heterocycles. The Morgan fingerprint density at radius 1 is 1.23 bits per heavy atom. The van der Waals surface area contributed by atoms with Crippen molar-refractivity contribution in [2.45, 2.75) is 13.5 Å². The van der Waals surface area contributed by atoms with Gasteiger partial charge < -0.3 is 15.8 Å². The molecule has 0 unspecified atom stereocenters. The van der Waals surface area contributed by atoms with Gasteiger partial charge in [-0.05, 0) is 18.6 Å². The van der Waals surface area contributed by atoms with Crippen molar-refractivity contribution in [3.8, 4) is 10.6 Å². The zero-order chi connectivity index (χ0) is 21.1. The zero-order valence-corrected chi connectivity index (χ0v) is 17.1. The van der Waals surface area contributed by atoms with Gasteiger partial charge in [-0.2, -0.15) is 20.1 Å². The fourth-order valence-corrected chi connectivity index (χ4v) is 3.39. The number of carbonyl (C=O) groups is 1. The van der Waals surface area contributed by atoms with E-state index in [1.165, 1.54) is 11.3 Å². The molecule has 0 bridgehead atoms. The maximum atomic E-state index is 12.4. The maximum absolute atomic E-state index is 12.4. The van der Waals surface area contributed by atoms with Crippen LogP contribution in [-0.2, 0) is 18.4 Å². The Morgan fingerprint density at radius 2 is 2.07 bits per heavy atom. The van der Waals surface area contributed by atoms with Gasteiger partial charge in [-0.15, -0.1) is 11.3 Å². The number of nitrogens with two attached hydrogens (primary N) is 1. The number of nitrogen functional groups attached to an aromatic ring is 1. The molecule has 3 heterocycles. The number of thiazole rings is 1. The Labute approximate surface area is 175 Å². The van der Waals surface area contributed by atoms with E-state index in [4.69, 9.17) is 10.5 Å². The van der Waals surface area contributed by atoms with Gasteiger partial charge in [0, 0.05) is 29.9 Å². The van der Waals surface area contributed by atoms with E-state index in [1.807, 2.05) is 44.4 Å². The molecule has 3 N–H and O–H groups in total. The number of carbonyl (C=O) groups excluding carboxylic acids is 1. The molecule has 0 radical (unpaired) electrons. The Hall–Kier alpha value is -3.86. The van der Waals surface area contributed by atoms with Crippen molar-refractivity contribution < 1.29 is 9.53 Å². The highest BCUT2D eigenvalue weighted by Crippen LogP contribution is 2.23. The number of hydrogen-bond donors (Lipinski definition) is 2. The maximum Gasteiger partial charge on any atom is 0.358 e. The van der Waals surface area contributed by atoms with E-state index in [1.54, 1.807) is 16.3 Å². The van der Waals surface area contributed by atoms with Crippen LogP contribution in [0, 0.1) is 6.92 Å². The monoisotopic (exact) mass is 422 g/mol. The lowest BCUT2D eigenvalue weighted by atomic mass is 10.2. The number of esters is 1. The summed E-state index contributed by atoms with van der Waals surface area (Å²) in [5.41, 5.74) is 8.69. The predicted molar refractivity (Wildman–Crippen MR) is 112 cm³/mol. The molecular weight excluding hydrogens is 404 g/mol. The minimum atomic E-state index is -0.575. The van der Waals surface area contributed by atoms with Crippen molar-refractivity contribution in [2.24, 2.45) is 7.05 Å². The highest BCUT2D eigenvalue weighted by atomic mass is 32.1. The van der Waals surface area contributed by atoms with Gasteiger partial charge in [0.2, 0.25) is 11.9 Å². The Morgan fingerprint density at radius 3 is 2.83 bits per heavy atom. The first-order valence-corrected chi connectivity index (χ1v) is 9.80. The van der Waals surface area contributed by atoms with E-state index in [2.05, 4.69) is 30.4 Å². The summed E-state index contributed by atoms with van der Waals surface area (Å²) in [6, 6.07) is 7.70. The van der Waals surface area contributed by atoms with Gasteiger partial charge in [0.15, 0.2) is 18.1 Å². The molecule has 4 rings (SSSR count). The molecule has 0 saturated heterocycles. The normalized spacial score (nSPS) is 10.7. The number of aryl methyl sites for hydroxylation is 2. The molecule has 0 aliphatic carbocycles. The number of aromatic nitrogens is 6. The van der Waals surface area contributed by atoms with Crippen LogP contribution in [0.1, 0.15) is 21.9 Å². The van der Waals surface area contributed by atoms with Crippen LogP contribution >= 0.6 is 11.3 Å². The number of nitrogens with one attached hydrogen (secondary N) is 1. The highest BCUT2D eigenvalue weighted by molar-refractivity contribution is 7.13. The number of ether oxygens (including phenoxy) is 1. The summed E-state index contributed by atoms with van der Waals surface area (Å²) in [7, 11) is 1.81. The van der Waals surface area contributed by atoms with Gasteiger partial charge in [-0.25, -0.2) is 9.78 Å². The standard InChI is InChI=1S/C19H18N8O2S/c1-11-5-3-4-6-13(11)23-19-25-15(24-18(20)26-19)9-29-17(28)14-10-30-16(22-14)12-7-21-27(2)8-12/h3-8,10H,9H2,1-2H3,(H3,20,23,24,25,26). The Bertz CT molecular complexity index is 1200. The molecule has 0 amide bonds. The topological polar surface area (TPSA) is 134 Å². The van der Waals surface area contributed by atoms with Crippen molar-refractivity contribution in [1.29, 1.82) is 0 Å². The minimum absolute atomic E-state index is 0.0275. The summed E-state index contributed by atoms with van der Waals surface area (Å²) in [5, 5.41) is 9.52. The number of anilines is 3. The van der Waals surface area contributed by atoms with Gasteiger partial charge in [0.25, 0.3) is 0 Å². The van der Waals surface area contributed by atoms with Crippen LogP contribution in [0.5, 0.6) is 0 Å². The summed E-state index contributed by atoms with van der Waals surface area (Å²) in [4.78, 5) is 29.0. The van der Waals surface area contributed by atoms with Crippen molar-refractivity contribution >= 4 is 34.9 Å². The minimum Gasteiger partial charge on any atom is -0.453 e. The molecule has 10 nitrogen and oxygen atoms in total. The number of hydrogen-bond acceptors (Lipinski definition) is 10. The summed E-state index contributed by atoms with van der Waals surface area (Å²) >= 11 is 1.34. The average Bonchev–Trinajstić information content (AvgIpc) is 3.37. The number of rotatable bonds is 6. The molecule has 4 aromatic rings. The molecule has 30 heavy (non-hydrogen) atoms. The first kappa shape index (κ1) is 19.5. The van der Waals surface area contributed by atoms with E-state index in [0.717, 1.165) is 16.8 Å². The smallest absolute Gasteiger partial charge is 0.358 e. The van der Waals surface area contributed by atoms with Gasteiger partial charge in [0.05, 0.1) is 6.20 Å². The quantitative estimate of drug-likeness (QED) is 0.450. The highest BCUT2D eigenvalue weighted by Gasteiger charge is 2.15. The van der Waals surface area contributed by atoms with E-state index < -0.39 is 5.97 Å². The predicted octanol–water partition coefficient (Wildman–Crippen LogP) is 2.72. The molecule has 152 valence electrons. The lowest BCUT2D eigenvalue weighted by Crippen LogP contribution is -2.11. The molecule has 1 aromatic carbocycles. The molecule has 3 aromatic heterocycles. The molecular formula is C19H18N8O2S. The van der Waals surface area contributed by atoms with Crippen LogP contribution in [-0.4, -0.2) is 35.7 Å². The molecule has 0 spiro atoms. The van der Waals surface area contributed by atoms with Crippen LogP contribution in [0.15, 0.2) is 42.0 Å². The molecule has 11 heteroatoms. The third-order valence-corrected chi connectivity index (χ3v) is 4.98. The van der Waals surface area contributed by atoms with Gasteiger partial charge in [-0.3, -0.25) is 4.68 Å². The van der Waals surface area contributed by atoms with Gasteiger partial charge >= 0.3 is 5.97 Å².